The maximum absolute atomic E-state index is 11.4. The molecule has 4 bridgehead atoms. The van der Waals surface area contributed by atoms with Crippen LogP contribution in [-0.4, -0.2) is 23.3 Å². The van der Waals surface area contributed by atoms with Gasteiger partial charge in [-0.15, -0.1) is 0 Å². The molecule has 1 aliphatic heterocycles. The van der Waals surface area contributed by atoms with Crippen LogP contribution in [0.15, 0.2) is 0 Å². The summed E-state index contributed by atoms with van der Waals surface area (Å²) < 4.78 is 5.64. The number of rotatable bonds is 1. The van der Waals surface area contributed by atoms with Gasteiger partial charge in [0.05, 0.1) is 6.61 Å². The van der Waals surface area contributed by atoms with Crippen molar-refractivity contribution in [3.05, 3.63) is 0 Å². The lowest BCUT2D eigenvalue weighted by molar-refractivity contribution is -0.174. The van der Waals surface area contributed by atoms with E-state index in [1.807, 2.05) is 0 Å². The van der Waals surface area contributed by atoms with Crippen molar-refractivity contribution in [2.45, 2.75) is 38.7 Å². The molecule has 2 saturated carbocycles. The molecule has 4 atom stereocenters. The zero-order chi connectivity index (χ0) is 10.2. The zero-order valence-corrected chi connectivity index (χ0v) is 8.67. The summed E-state index contributed by atoms with van der Waals surface area (Å²) in [5.41, 5.74) is -0.868. The van der Waals surface area contributed by atoms with Crippen LogP contribution in [0.1, 0.15) is 33.1 Å². The molecule has 0 radical (unpaired) electrons. The fourth-order valence-corrected chi connectivity index (χ4v) is 4.23. The van der Waals surface area contributed by atoms with Crippen LogP contribution in [0.25, 0.3) is 0 Å². The molecule has 1 saturated heterocycles. The highest BCUT2D eigenvalue weighted by atomic mass is 16.5. The van der Waals surface area contributed by atoms with E-state index in [0.29, 0.717) is 12.5 Å². The highest BCUT2D eigenvalue weighted by Crippen LogP contribution is 2.74. The number of hydrogen-bond acceptors (Lipinski definition) is 2. The van der Waals surface area contributed by atoms with Crippen LogP contribution in [0.2, 0.25) is 0 Å². The van der Waals surface area contributed by atoms with Gasteiger partial charge in [0, 0.05) is 10.8 Å². The second kappa shape index (κ2) is 2.01. The van der Waals surface area contributed by atoms with E-state index < -0.39 is 11.6 Å². The molecular formula is C11H16O3. The lowest BCUT2D eigenvalue weighted by atomic mass is 9.66. The van der Waals surface area contributed by atoms with E-state index in [2.05, 4.69) is 13.8 Å². The minimum absolute atomic E-state index is 0.116. The third-order valence-corrected chi connectivity index (χ3v) is 5.54. The predicted molar refractivity (Wildman–Crippen MR) is 49.9 cm³/mol. The largest absolute Gasteiger partial charge is 0.479 e. The third-order valence-electron chi connectivity index (χ3n) is 5.54. The molecule has 1 N–H and O–H groups in total. The van der Waals surface area contributed by atoms with Crippen LogP contribution in [0.4, 0.5) is 0 Å². The molecule has 0 spiro atoms. The van der Waals surface area contributed by atoms with Gasteiger partial charge in [-0.2, -0.15) is 0 Å². The summed E-state index contributed by atoms with van der Waals surface area (Å²) in [5.74, 6) is -0.178. The number of carboxylic acid groups (broad SMARTS) is 1. The van der Waals surface area contributed by atoms with Crippen LogP contribution in [-0.2, 0) is 9.53 Å². The second-order valence-corrected chi connectivity index (χ2v) is 5.61. The molecule has 3 fully saturated rings. The summed E-state index contributed by atoms with van der Waals surface area (Å²) >= 11 is 0. The fourth-order valence-electron chi connectivity index (χ4n) is 4.23. The smallest absolute Gasteiger partial charge is 0.336 e. The quantitative estimate of drug-likeness (QED) is 0.693. The van der Waals surface area contributed by atoms with Crippen LogP contribution in [0, 0.1) is 16.7 Å². The van der Waals surface area contributed by atoms with E-state index >= 15 is 0 Å². The summed E-state index contributed by atoms with van der Waals surface area (Å²) in [4.78, 5) is 11.4. The van der Waals surface area contributed by atoms with Crippen molar-refractivity contribution in [2.75, 3.05) is 6.61 Å². The molecule has 4 unspecified atom stereocenters. The lowest BCUT2D eigenvalue weighted by Gasteiger charge is -2.37. The first-order valence-electron chi connectivity index (χ1n) is 5.34. The SMILES string of the molecule is CC12COC3(C(=O)O)CC1CCC32C. The first-order chi connectivity index (χ1) is 6.46. The van der Waals surface area contributed by atoms with E-state index in [0.717, 1.165) is 12.8 Å². The van der Waals surface area contributed by atoms with Gasteiger partial charge in [0.2, 0.25) is 0 Å². The van der Waals surface area contributed by atoms with Crippen molar-refractivity contribution in [1.29, 1.82) is 0 Å². The molecule has 0 aromatic carbocycles. The van der Waals surface area contributed by atoms with Gasteiger partial charge in [0.25, 0.3) is 0 Å². The first-order valence-corrected chi connectivity index (χ1v) is 5.34. The molecule has 78 valence electrons. The van der Waals surface area contributed by atoms with Gasteiger partial charge in [0.15, 0.2) is 5.60 Å². The van der Waals surface area contributed by atoms with Gasteiger partial charge in [-0.25, -0.2) is 4.79 Å². The molecule has 2 aliphatic carbocycles. The molecule has 0 aromatic rings. The van der Waals surface area contributed by atoms with Crippen molar-refractivity contribution in [3.8, 4) is 0 Å². The Balaban J connectivity index is 2.18. The van der Waals surface area contributed by atoms with Gasteiger partial charge < -0.3 is 9.84 Å². The molecular weight excluding hydrogens is 180 g/mol. The normalized spacial score (nSPS) is 59.4. The molecule has 3 nitrogen and oxygen atoms in total. The summed E-state index contributed by atoms with van der Waals surface area (Å²) in [6.07, 6.45) is 2.93. The van der Waals surface area contributed by atoms with Gasteiger partial charge in [-0.3, -0.25) is 0 Å². The van der Waals surface area contributed by atoms with Gasteiger partial charge in [-0.05, 0) is 25.2 Å². The summed E-state index contributed by atoms with van der Waals surface area (Å²) in [5, 5.41) is 9.37. The van der Waals surface area contributed by atoms with E-state index in [4.69, 9.17) is 4.74 Å². The van der Waals surface area contributed by atoms with E-state index in [1.54, 1.807) is 0 Å². The van der Waals surface area contributed by atoms with E-state index in [-0.39, 0.29) is 10.8 Å². The summed E-state index contributed by atoms with van der Waals surface area (Å²) in [6, 6.07) is 0. The van der Waals surface area contributed by atoms with Crippen molar-refractivity contribution >= 4 is 5.97 Å². The van der Waals surface area contributed by atoms with Gasteiger partial charge in [0.1, 0.15) is 0 Å². The van der Waals surface area contributed by atoms with Crippen LogP contribution in [0.3, 0.4) is 0 Å². The molecule has 3 aliphatic rings. The third kappa shape index (κ3) is 0.553. The fraction of sp³-hybridized carbons (Fsp3) is 0.909. The maximum Gasteiger partial charge on any atom is 0.336 e. The van der Waals surface area contributed by atoms with Crippen LogP contribution < -0.4 is 0 Å². The predicted octanol–water partition coefficient (Wildman–Crippen LogP) is 1.67. The maximum atomic E-state index is 11.4. The highest BCUT2D eigenvalue weighted by molar-refractivity contribution is 5.81. The topological polar surface area (TPSA) is 46.5 Å². The Morgan fingerprint density at radius 3 is 2.64 bits per heavy atom. The number of aliphatic carboxylic acids is 1. The Morgan fingerprint density at radius 2 is 2.21 bits per heavy atom. The van der Waals surface area contributed by atoms with E-state index in [1.165, 1.54) is 6.42 Å². The second-order valence-electron chi connectivity index (χ2n) is 5.61. The van der Waals surface area contributed by atoms with E-state index in [9.17, 15) is 9.90 Å². The molecule has 3 rings (SSSR count). The van der Waals surface area contributed by atoms with Crippen LogP contribution in [0.5, 0.6) is 0 Å². The lowest BCUT2D eigenvalue weighted by Crippen LogP contribution is -2.49. The monoisotopic (exact) mass is 196 g/mol. The number of carbonyl (C=O) groups is 1. The van der Waals surface area contributed by atoms with Crippen LogP contribution >= 0.6 is 0 Å². The standard InChI is InChI=1S/C11H16O3/c1-9-6-14-11(8(12)13)5-7(9)3-4-10(9,11)2/h7H,3-6H2,1-2H3,(H,12,13). The Hall–Kier alpha value is -0.570. The van der Waals surface area contributed by atoms with Crippen molar-refractivity contribution in [2.24, 2.45) is 16.7 Å². The zero-order valence-electron chi connectivity index (χ0n) is 8.67. The van der Waals surface area contributed by atoms with Crippen molar-refractivity contribution in [1.82, 2.24) is 0 Å². The Morgan fingerprint density at radius 1 is 1.50 bits per heavy atom. The first kappa shape index (κ1) is 8.72. The number of hydrogen-bond donors (Lipinski definition) is 1. The Kier molecular flexibility index (Phi) is 1.25. The Bertz CT molecular complexity index is 326. The average Bonchev–Trinajstić information content (AvgIpc) is 2.58. The molecule has 0 aromatic heterocycles. The molecule has 3 heteroatoms. The number of ether oxygens (including phenoxy) is 1. The molecule has 14 heavy (non-hydrogen) atoms. The van der Waals surface area contributed by atoms with Crippen molar-refractivity contribution in [3.63, 3.8) is 0 Å². The summed E-state index contributed by atoms with van der Waals surface area (Å²) in [6.45, 7) is 4.96. The van der Waals surface area contributed by atoms with Gasteiger partial charge >= 0.3 is 5.97 Å². The minimum atomic E-state index is -0.856. The average molecular weight is 196 g/mol. The minimum Gasteiger partial charge on any atom is -0.479 e. The highest BCUT2D eigenvalue weighted by Gasteiger charge is 2.78. The Labute approximate surface area is 83.4 Å². The summed E-state index contributed by atoms with van der Waals surface area (Å²) in [7, 11) is 0. The van der Waals surface area contributed by atoms with Crippen molar-refractivity contribution < 1.29 is 14.6 Å². The van der Waals surface area contributed by atoms with Gasteiger partial charge in [-0.1, -0.05) is 13.8 Å². The molecule has 0 amide bonds. The molecule has 1 heterocycles. The number of carboxylic acids is 1.